The highest BCUT2D eigenvalue weighted by Crippen LogP contribution is 2.43. The molecule has 2 aromatic carbocycles. The van der Waals surface area contributed by atoms with Gasteiger partial charge in [0.05, 0.1) is 6.42 Å². The van der Waals surface area contributed by atoms with E-state index in [0.29, 0.717) is 18.8 Å². The van der Waals surface area contributed by atoms with Crippen molar-refractivity contribution >= 4 is 11.6 Å². The fourth-order valence-electron chi connectivity index (χ4n) is 4.29. The van der Waals surface area contributed by atoms with Crippen LogP contribution in [-0.4, -0.2) is 11.6 Å². The molecular weight excluding hydrogens is 344 g/mol. The number of aryl methyl sites for hydroxylation is 2. The molecule has 0 radical (unpaired) electrons. The molecule has 0 aromatic heterocycles. The molecule has 2 aliphatic carbocycles. The van der Waals surface area contributed by atoms with E-state index in [9.17, 15) is 13.6 Å². The Balaban J connectivity index is 1.58. The lowest BCUT2D eigenvalue weighted by molar-refractivity contribution is -0.117. The van der Waals surface area contributed by atoms with Gasteiger partial charge in [0.1, 0.15) is 11.5 Å². The summed E-state index contributed by atoms with van der Waals surface area (Å²) in [5, 5.41) is 2.96. The van der Waals surface area contributed by atoms with Crippen molar-refractivity contribution in [3.63, 3.8) is 0 Å². The minimum absolute atomic E-state index is 0.0544. The first kappa shape index (κ1) is 18.1. The van der Waals surface area contributed by atoms with E-state index in [4.69, 9.17) is 0 Å². The third-order valence-electron chi connectivity index (χ3n) is 6.09. The molecule has 0 heterocycles. The number of halogens is 2. The van der Waals surface area contributed by atoms with Gasteiger partial charge in [-0.3, -0.25) is 4.79 Å². The summed E-state index contributed by atoms with van der Waals surface area (Å²) in [6, 6.07) is 8.93. The number of carbonyl (C=O) groups excluding carboxylic acids is 1. The number of rotatable bonds is 4. The van der Waals surface area contributed by atoms with Crippen molar-refractivity contribution in [1.29, 1.82) is 0 Å². The topological polar surface area (TPSA) is 29.1 Å². The smallest absolute Gasteiger partial charge is 0.227 e. The first-order valence-electron chi connectivity index (χ1n) is 9.71. The van der Waals surface area contributed by atoms with Crippen LogP contribution < -0.4 is 5.32 Å². The maximum Gasteiger partial charge on any atom is 0.227 e. The van der Waals surface area contributed by atoms with E-state index in [-0.39, 0.29) is 18.1 Å². The number of amides is 1. The Morgan fingerprint density at radius 3 is 2.59 bits per heavy atom. The van der Waals surface area contributed by atoms with Crippen molar-refractivity contribution in [2.45, 2.75) is 64.0 Å². The van der Waals surface area contributed by atoms with Crippen LogP contribution in [0.4, 0.5) is 14.5 Å². The Labute approximate surface area is 159 Å². The Morgan fingerprint density at radius 2 is 1.93 bits per heavy atom. The van der Waals surface area contributed by atoms with Gasteiger partial charge in [-0.2, -0.15) is 0 Å². The average molecular weight is 369 g/mol. The number of hydrogen-bond acceptors (Lipinski definition) is 1. The SMILES string of the molecule is Cc1cc2c(c(C)c1NC(=O)CC1(F)CC1)CC(c1ccc(F)cc1)CC2. The number of benzene rings is 2. The summed E-state index contributed by atoms with van der Waals surface area (Å²) in [6.07, 6.45) is 3.81. The zero-order chi connectivity index (χ0) is 19.2. The Morgan fingerprint density at radius 1 is 1.22 bits per heavy atom. The van der Waals surface area contributed by atoms with E-state index in [0.717, 1.165) is 41.6 Å². The number of nitrogens with one attached hydrogen (secondary N) is 1. The van der Waals surface area contributed by atoms with Crippen molar-refractivity contribution in [1.82, 2.24) is 0 Å². The van der Waals surface area contributed by atoms with Gasteiger partial charge in [0.2, 0.25) is 5.91 Å². The lowest BCUT2D eigenvalue weighted by Gasteiger charge is -2.28. The third-order valence-corrected chi connectivity index (χ3v) is 6.09. The average Bonchev–Trinajstić information content (AvgIpc) is 3.36. The van der Waals surface area contributed by atoms with E-state index in [1.54, 1.807) is 0 Å². The Kier molecular flexibility index (Phi) is 4.53. The standard InChI is InChI=1S/C23H25F2NO/c1-14-11-18-4-3-17(16-5-7-19(24)8-6-16)12-20(18)15(2)22(14)26-21(27)13-23(25)9-10-23/h5-8,11,17H,3-4,9-10,12-13H2,1-2H3,(H,26,27). The van der Waals surface area contributed by atoms with Gasteiger partial charge < -0.3 is 5.32 Å². The van der Waals surface area contributed by atoms with Crippen LogP contribution in [-0.2, 0) is 17.6 Å². The van der Waals surface area contributed by atoms with Crippen LogP contribution in [0.3, 0.4) is 0 Å². The monoisotopic (exact) mass is 369 g/mol. The lowest BCUT2D eigenvalue weighted by Crippen LogP contribution is -2.21. The summed E-state index contributed by atoms with van der Waals surface area (Å²) in [6.45, 7) is 4.04. The number of fused-ring (bicyclic) bond motifs is 1. The van der Waals surface area contributed by atoms with Crippen molar-refractivity contribution < 1.29 is 13.6 Å². The summed E-state index contributed by atoms with van der Waals surface area (Å²) < 4.78 is 27.1. The second kappa shape index (κ2) is 6.74. The first-order valence-corrected chi connectivity index (χ1v) is 9.71. The molecule has 1 atom stereocenters. The van der Waals surface area contributed by atoms with E-state index in [1.165, 1.54) is 23.3 Å². The fourth-order valence-corrected chi connectivity index (χ4v) is 4.29. The molecule has 27 heavy (non-hydrogen) atoms. The van der Waals surface area contributed by atoms with Gasteiger partial charge in [-0.15, -0.1) is 0 Å². The second-order valence-electron chi connectivity index (χ2n) is 8.20. The van der Waals surface area contributed by atoms with Crippen LogP contribution in [0, 0.1) is 19.7 Å². The van der Waals surface area contributed by atoms with Crippen molar-refractivity contribution in [3.05, 3.63) is 64.0 Å². The van der Waals surface area contributed by atoms with E-state index >= 15 is 0 Å². The summed E-state index contributed by atoms with van der Waals surface area (Å²) in [5.41, 5.74) is 5.39. The molecule has 2 aliphatic rings. The number of hydrogen-bond donors (Lipinski definition) is 1. The van der Waals surface area contributed by atoms with E-state index < -0.39 is 5.67 Å². The first-order chi connectivity index (χ1) is 12.8. The summed E-state index contributed by atoms with van der Waals surface area (Å²) in [7, 11) is 0. The lowest BCUT2D eigenvalue weighted by atomic mass is 9.77. The normalized spacial score (nSPS) is 20.1. The van der Waals surface area contributed by atoms with Crippen molar-refractivity contribution in [2.75, 3.05) is 5.32 Å². The summed E-state index contributed by atoms with van der Waals surface area (Å²) >= 11 is 0. The number of alkyl halides is 1. The Hall–Kier alpha value is -2.23. The molecule has 1 saturated carbocycles. The highest BCUT2D eigenvalue weighted by atomic mass is 19.1. The van der Waals surface area contributed by atoms with Gasteiger partial charge in [-0.05, 0) is 91.8 Å². The molecule has 1 fully saturated rings. The molecule has 1 amide bonds. The molecule has 0 aliphatic heterocycles. The third kappa shape index (κ3) is 3.76. The minimum Gasteiger partial charge on any atom is -0.325 e. The van der Waals surface area contributed by atoms with Crippen LogP contribution in [0.15, 0.2) is 30.3 Å². The second-order valence-corrected chi connectivity index (χ2v) is 8.20. The van der Waals surface area contributed by atoms with Gasteiger partial charge in [-0.25, -0.2) is 8.78 Å². The molecule has 4 heteroatoms. The van der Waals surface area contributed by atoms with Crippen LogP contribution in [0.1, 0.15) is 59.4 Å². The van der Waals surface area contributed by atoms with E-state index in [1.807, 2.05) is 26.0 Å². The maximum atomic E-state index is 13.9. The van der Waals surface area contributed by atoms with Gasteiger partial charge in [-0.1, -0.05) is 18.2 Å². The highest BCUT2D eigenvalue weighted by molar-refractivity contribution is 5.93. The summed E-state index contributed by atoms with van der Waals surface area (Å²) in [4.78, 5) is 12.3. The Bertz CT molecular complexity index is 884. The molecule has 2 aromatic rings. The van der Waals surface area contributed by atoms with Crippen molar-refractivity contribution in [2.24, 2.45) is 0 Å². The van der Waals surface area contributed by atoms with Crippen LogP contribution in [0.2, 0.25) is 0 Å². The zero-order valence-electron chi connectivity index (χ0n) is 15.9. The molecule has 4 rings (SSSR count). The quantitative estimate of drug-likeness (QED) is 0.753. The highest BCUT2D eigenvalue weighted by Gasteiger charge is 2.45. The molecular formula is C23H25F2NO. The van der Waals surface area contributed by atoms with Gasteiger partial charge in [0.15, 0.2) is 0 Å². The minimum atomic E-state index is -1.28. The molecule has 0 saturated heterocycles. The molecule has 0 spiro atoms. The molecule has 142 valence electrons. The van der Waals surface area contributed by atoms with Gasteiger partial charge in [0.25, 0.3) is 0 Å². The summed E-state index contributed by atoms with van der Waals surface area (Å²) in [5.74, 6) is -0.108. The fraction of sp³-hybridized carbons (Fsp3) is 0.435. The predicted molar refractivity (Wildman–Crippen MR) is 103 cm³/mol. The van der Waals surface area contributed by atoms with Gasteiger partial charge in [0, 0.05) is 5.69 Å². The number of carbonyl (C=O) groups is 1. The van der Waals surface area contributed by atoms with Crippen LogP contribution in [0.25, 0.3) is 0 Å². The van der Waals surface area contributed by atoms with E-state index in [2.05, 4.69) is 11.4 Å². The molecule has 1 N–H and O–H groups in total. The van der Waals surface area contributed by atoms with Crippen molar-refractivity contribution in [3.8, 4) is 0 Å². The maximum absolute atomic E-state index is 13.9. The molecule has 2 nitrogen and oxygen atoms in total. The number of anilines is 1. The van der Waals surface area contributed by atoms with Gasteiger partial charge >= 0.3 is 0 Å². The van der Waals surface area contributed by atoms with Crippen LogP contribution in [0.5, 0.6) is 0 Å². The molecule has 1 unspecified atom stereocenters. The predicted octanol–water partition coefficient (Wildman–Crippen LogP) is 5.55. The zero-order valence-corrected chi connectivity index (χ0v) is 15.9. The largest absolute Gasteiger partial charge is 0.325 e. The molecule has 0 bridgehead atoms. The van der Waals surface area contributed by atoms with Crippen LogP contribution >= 0.6 is 0 Å².